The number of non-ortho nitro benzene ring substituents is 2. The number of amides is 2. The number of imide groups is 1. The van der Waals surface area contributed by atoms with E-state index in [1.165, 1.54) is 48.5 Å². The minimum Gasteiger partial charge on any atom is -0.423 e. The number of hydrogen-bond acceptors (Lipinski definition) is 9. The molecule has 0 atom stereocenters. The fourth-order valence-electron chi connectivity index (χ4n) is 3.32. The first-order chi connectivity index (χ1) is 17.6. The molecule has 1 fully saturated rings. The number of halogens is 1. The van der Waals surface area contributed by atoms with E-state index >= 15 is 0 Å². The lowest BCUT2D eigenvalue weighted by Gasteiger charge is -2.12. The van der Waals surface area contributed by atoms with Crippen molar-refractivity contribution in [2.45, 2.75) is 6.54 Å². The summed E-state index contributed by atoms with van der Waals surface area (Å²) < 4.78 is 18.3. The number of benzene rings is 3. The monoisotopic (exact) mass is 523 g/mol. The standard InChI is InChI=1S/C24H14FN3O8S/c25-17-6-4-14(5-7-17)13-26-22(29)21(37-24(26)31)9-15-2-1-3-20(8-15)36-23(30)16-10-18(27(32)33)12-19(11-16)28(34)35/h1-12H,13H2/b21-9-. The Kier molecular flexibility index (Phi) is 7.06. The molecule has 3 aromatic rings. The minimum absolute atomic E-state index is 0.00144. The maximum atomic E-state index is 13.1. The molecule has 0 unspecified atom stereocenters. The maximum Gasteiger partial charge on any atom is 0.344 e. The van der Waals surface area contributed by atoms with Crippen LogP contribution in [0.2, 0.25) is 0 Å². The van der Waals surface area contributed by atoms with Gasteiger partial charge < -0.3 is 4.74 Å². The summed E-state index contributed by atoms with van der Waals surface area (Å²) in [4.78, 5) is 59.2. The molecule has 2 amide bonds. The van der Waals surface area contributed by atoms with Crippen LogP contribution in [0, 0.1) is 26.0 Å². The third-order valence-electron chi connectivity index (χ3n) is 5.05. The molecule has 1 heterocycles. The number of nitro groups is 2. The normalized spacial score (nSPS) is 14.2. The predicted molar refractivity (Wildman–Crippen MR) is 129 cm³/mol. The van der Waals surface area contributed by atoms with Gasteiger partial charge >= 0.3 is 5.97 Å². The summed E-state index contributed by atoms with van der Waals surface area (Å²) in [6, 6.07) is 13.7. The molecule has 1 saturated heterocycles. The fraction of sp³-hybridized carbons (Fsp3) is 0.0417. The van der Waals surface area contributed by atoms with Crippen LogP contribution in [0.1, 0.15) is 21.5 Å². The Balaban J connectivity index is 1.52. The molecule has 186 valence electrons. The quantitative estimate of drug-likeness (QED) is 0.135. The molecule has 0 bridgehead atoms. The molecule has 0 N–H and O–H groups in total. The lowest BCUT2D eigenvalue weighted by Crippen LogP contribution is -2.27. The van der Waals surface area contributed by atoms with Crippen LogP contribution in [0.3, 0.4) is 0 Å². The molecule has 4 rings (SSSR count). The Morgan fingerprint density at radius 3 is 2.24 bits per heavy atom. The topological polar surface area (TPSA) is 150 Å². The van der Waals surface area contributed by atoms with Gasteiger partial charge in [-0.05, 0) is 53.2 Å². The van der Waals surface area contributed by atoms with Crippen molar-refractivity contribution in [3.63, 3.8) is 0 Å². The van der Waals surface area contributed by atoms with Gasteiger partial charge in [-0.2, -0.15) is 0 Å². The van der Waals surface area contributed by atoms with Crippen molar-refractivity contribution in [1.82, 2.24) is 4.90 Å². The predicted octanol–water partition coefficient (Wildman–Crippen LogP) is 5.10. The number of hydrogen-bond donors (Lipinski definition) is 0. The Morgan fingerprint density at radius 1 is 0.973 bits per heavy atom. The molecule has 0 spiro atoms. The van der Waals surface area contributed by atoms with Crippen LogP contribution in [0.4, 0.5) is 20.6 Å². The minimum atomic E-state index is -1.07. The van der Waals surface area contributed by atoms with Gasteiger partial charge in [-0.1, -0.05) is 24.3 Å². The van der Waals surface area contributed by atoms with Crippen LogP contribution < -0.4 is 4.74 Å². The molecule has 0 saturated carbocycles. The van der Waals surface area contributed by atoms with Crippen LogP contribution in [0.15, 0.2) is 71.6 Å². The van der Waals surface area contributed by atoms with Crippen LogP contribution >= 0.6 is 11.8 Å². The van der Waals surface area contributed by atoms with Gasteiger partial charge in [0.15, 0.2) is 0 Å². The second-order valence-corrected chi connectivity index (χ2v) is 8.60. The van der Waals surface area contributed by atoms with Gasteiger partial charge in [-0.3, -0.25) is 34.7 Å². The van der Waals surface area contributed by atoms with Crippen molar-refractivity contribution in [1.29, 1.82) is 0 Å². The van der Waals surface area contributed by atoms with Gasteiger partial charge in [-0.15, -0.1) is 0 Å². The average Bonchev–Trinajstić information content (AvgIpc) is 3.12. The molecule has 1 aliphatic heterocycles. The molecule has 0 radical (unpaired) electrons. The van der Waals surface area contributed by atoms with E-state index in [2.05, 4.69) is 0 Å². The molecular formula is C24H14FN3O8S. The van der Waals surface area contributed by atoms with Gasteiger partial charge in [-0.25, -0.2) is 9.18 Å². The highest BCUT2D eigenvalue weighted by atomic mass is 32.2. The van der Waals surface area contributed by atoms with E-state index in [0.717, 1.165) is 23.1 Å². The molecule has 37 heavy (non-hydrogen) atoms. The Morgan fingerprint density at radius 2 is 1.62 bits per heavy atom. The van der Waals surface area contributed by atoms with Gasteiger partial charge in [0.25, 0.3) is 22.5 Å². The zero-order valence-electron chi connectivity index (χ0n) is 18.5. The summed E-state index contributed by atoms with van der Waals surface area (Å²) in [7, 11) is 0. The summed E-state index contributed by atoms with van der Waals surface area (Å²) in [5.74, 6) is -2.06. The molecule has 3 aromatic carbocycles. The zero-order valence-corrected chi connectivity index (χ0v) is 19.3. The Bertz CT molecular complexity index is 1460. The summed E-state index contributed by atoms with van der Waals surface area (Å²) in [6.45, 7) is -0.0325. The van der Waals surface area contributed by atoms with E-state index in [9.17, 15) is 39.0 Å². The fourth-order valence-corrected chi connectivity index (χ4v) is 4.16. The summed E-state index contributed by atoms with van der Waals surface area (Å²) in [5, 5.41) is 21.6. The second kappa shape index (κ2) is 10.4. The number of thioether (sulfide) groups is 1. The highest BCUT2D eigenvalue weighted by molar-refractivity contribution is 8.18. The third-order valence-corrected chi connectivity index (χ3v) is 5.96. The largest absolute Gasteiger partial charge is 0.423 e. The van der Waals surface area contributed by atoms with Crippen LogP contribution in [0.5, 0.6) is 5.75 Å². The first kappa shape index (κ1) is 25.2. The van der Waals surface area contributed by atoms with Crippen LogP contribution in [0.25, 0.3) is 6.08 Å². The number of rotatable bonds is 7. The number of ether oxygens (including phenoxy) is 1. The highest BCUT2D eigenvalue weighted by Crippen LogP contribution is 2.34. The first-order valence-corrected chi connectivity index (χ1v) is 11.2. The number of carbonyl (C=O) groups is 3. The van der Waals surface area contributed by atoms with Gasteiger partial charge in [0.05, 0.1) is 32.9 Å². The Hall–Kier alpha value is -4.91. The van der Waals surface area contributed by atoms with Gasteiger partial charge in [0.2, 0.25) is 0 Å². The highest BCUT2D eigenvalue weighted by Gasteiger charge is 2.35. The van der Waals surface area contributed by atoms with Gasteiger partial charge in [0, 0.05) is 12.1 Å². The van der Waals surface area contributed by atoms with Crippen LogP contribution in [-0.2, 0) is 11.3 Å². The van der Waals surface area contributed by atoms with Crippen LogP contribution in [-0.4, -0.2) is 31.9 Å². The summed E-state index contributed by atoms with van der Waals surface area (Å²) in [6.07, 6.45) is 1.42. The number of esters is 1. The smallest absolute Gasteiger partial charge is 0.344 e. The molecular weight excluding hydrogens is 509 g/mol. The van der Waals surface area contributed by atoms with E-state index in [1.807, 2.05) is 0 Å². The van der Waals surface area contributed by atoms with Crippen molar-refractivity contribution in [2.75, 3.05) is 0 Å². The molecule has 11 nitrogen and oxygen atoms in total. The SMILES string of the molecule is O=C(Oc1cccc(/C=C2\SC(=O)N(Cc3ccc(F)cc3)C2=O)c1)c1cc([N+](=O)[O-])cc([N+](=O)[O-])c1. The van der Waals surface area contributed by atoms with Crippen molar-refractivity contribution in [3.05, 3.63) is 114 Å². The Labute approximate surface area is 211 Å². The molecule has 0 aliphatic carbocycles. The van der Waals surface area contributed by atoms with E-state index < -0.39 is 49.7 Å². The van der Waals surface area contributed by atoms with Gasteiger partial charge in [0.1, 0.15) is 11.6 Å². The van der Waals surface area contributed by atoms with E-state index in [1.54, 1.807) is 6.07 Å². The number of carbonyl (C=O) groups excluding carboxylic acids is 3. The molecule has 1 aliphatic rings. The maximum absolute atomic E-state index is 13.1. The summed E-state index contributed by atoms with van der Waals surface area (Å²) in [5.41, 5.74) is -0.714. The number of nitro benzene ring substituents is 2. The lowest BCUT2D eigenvalue weighted by atomic mass is 10.1. The van der Waals surface area contributed by atoms with E-state index in [-0.39, 0.29) is 17.2 Å². The molecule has 0 aromatic heterocycles. The van der Waals surface area contributed by atoms with E-state index in [4.69, 9.17) is 4.74 Å². The van der Waals surface area contributed by atoms with E-state index in [0.29, 0.717) is 22.9 Å². The first-order valence-electron chi connectivity index (χ1n) is 10.4. The molecule has 13 heteroatoms. The van der Waals surface area contributed by atoms with Crippen molar-refractivity contribution < 1.29 is 33.4 Å². The number of nitrogens with zero attached hydrogens (tertiary/aromatic N) is 3. The van der Waals surface area contributed by atoms with Crippen molar-refractivity contribution in [3.8, 4) is 5.75 Å². The second-order valence-electron chi connectivity index (χ2n) is 7.61. The zero-order chi connectivity index (χ0) is 26.7. The lowest BCUT2D eigenvalue weighted by molar-refractivity contribution is -0.394. The average molecular weight is 523 g/mol. The summed E-state index contributed by atoms with van der Waals surface area (Å²) >= 11 is 0.713. The van der Waals surface area contributed by atoms with Crippen molar-refractivity contribution >= 4 is 46.3 Å². The third kappa shape index (κ3) is 5.85. The van der Waals surface area contributed by atoms with Crippen molar-refractivity contribution in [2.24, 2.45) is 0 Å².